The molecule has 5 rings (SSSR count). The van der Waals surface area contributed by atoms with E-state index in [-0.39, 0.29) is 23.7 Å². The standard InChI is InChI=1S/C29H35N7O3/c1-35-12-5-6-20(17-35)19-39-29-33-26(16-27(34-29)36-13-11-31-22(18-36)9-10-30)28(37)32-25-15-23(38-2)14-21-7-3-4-8-24(21)25/h3-4,7-8,14-16,20,22,31H,5-6,9,11-13,17-19H2,1-2H3,(H,32,37)/t20?,22-/m0/s1. The highest BCUT2D eigenvalue weighted by molar-refractivity contribution is 6.09. The number of methoxy groups -OCH3 is 1. The number of fused-ring (bicyclic) bond motifs is 1. The predicted molar refractivity (Wildman–Crippen MR) is 150 cm³/mol. The molecule has 1 aromatic heterocycles. The highest BCUT2D eigenvalue weighted by atomic mass is 16.5. The minimum absolute atomic E-state index is 0.0290. The molecule has 10 heteroatoms. The molecule has 3 heterocycles. The third kappa shape index (κ3) is 6.56. The largest absolute Gasteiger partial charge is 0.497 e. The fourth-order valence-corrected chi connectivity index (χ4v) is 5.33. The maximum atomic E-state index is 13.6. The van der Waals surface area contributed by atoms with Crippen molar-refractivity contribution in [2.24, 2.45) is 5.92 Å². The molecule has 2 saturated heterocycles. The van der Waals surface area contributed by atoms with Crippen LogP contribution in [-0.4, -0.2) is 80.3 Å². The number of piperazine rings is 1. The first-order valence-electron chi connectivity index (χ1n) is 13.5. The number of nitrogens with one attached hydrogen (secondary N) is 2. The van der Waals surface area contributed by atoms with Gasteiger partial charge in [-0.05, 0) is 37.9 Å². The van der Waals surface area contributed by atoms with Crippen molar-refractivity contribution >= 4 is 28.2 Å². The number of carbonyl (C=O) groups excluding carboxylic acids is 1. The topological polar surface area (TPSA) is 116 Å². The summed E-state index contributed by atoms with van der Waals surface area (Å²) in [5.41, 5.74) is 0.858. The van der Waals surface area contributed by atoms with E-state index in [1.54, 1.807) is 13.2 Å². The van der Waals surface area contributed by atoms with Gasteiger partial charge in [-0.25, -0.2) is 0 Å². The molecule has 0 radical (unpaired) electrons. The maximum Gasteiger partial charge on any atom is 0.319 e. The van der Waals surface area contributed by atoms with Crippen molar-refractivity contribution < 1.29 is 14.3 Å². The second-order valence-corrected chi connectivity index (χ2v) is 10.3. The van der Waals surface area contributed by atoms with E-state index in [9.17, 15) is 10.1 Å². The average molecular weight is 530 g/mol. The van der Waals surface area contributed by atoms with Gasteiger partial charge in [0, 0.05) is 55.7 Å². The van der Waals surface area contributed by atoms with Crippen LogP contribution >= 0.6 is 0 Å². The van der Waals surface area contributed by atoms with E-state index in [1.165, 1.54) is 0 Å². The van der Waals surface area contributed by atoms with Gasteiger partial charge in [0.2, 0.25) is 0 Å². The average Bonchev–Trinajstić information content (AvgIpc) is 2.96. The van der Waals surface area contributed by atoms with E-state index >= 15 is 0 Å². The Balaban J connectivity index is 1.43. The molecule has 0 saturated carbocycles. The first-order valence-corrected chi connectivity index (χ1v) is 13.5. The van der Waals surface area contributed by atoms with Gasteiger partial charge in [0.1, 0.15) is 17.3 Å². The molecule has 1 unspecified atom stereocenters. The number of likely N-dealkylation sites (tertiary alicyclic amines) is 1. The van der Waals surface area contributed by atoms with Crippen LogP contribution in [0.3, 0.4) is 0 Å². The molecule has 2 aliphatic heterocycles. The fourth-order valence-electron chi connectivity index (χ4n) is 5.33. The minimum Gasteiger partial charge on any atom is -0.497 e. The van der Waals surface area contributed by atoms with Crippen molar-refractivity contribution in [3.05, 3.63) is 48.2 Å². The number of nitrogens with zero attached hydrogens (tertiary/aromatic N) is 5. The van der Waals surface area contributed by atoms with E-state index in [1.807, 2.05) is 36.4 Å². The van der Waals surface area contributed by atoms with Crippen molar-refractivity contribution in [1.82, 2.24) is 20.2 Å². The molecule has 2 fully saturated rings. The van der Waals surface area contributed by atoms with Crippen LogP contribution in [0.2, 0.25) is 0 Å². The molecular weight excluding hydrogens is 494 g/mol. The molecule has 10 nitrogen and oxygen atoms in total. The molecule has 204 valence electrons. The molecule has 1 amide bonds. The zero-order chi connectivity index (χ0) is 27.2. The van der Waals surface area contributed by atoms with Gasteiger partial charge in [0.05, 0.1) is 31.9 Å². The Labute approximate surface area is 228 Å². The SMILES string of the molecule is COc1cc(NC(=O)c2cc(N3CCN[C@@H](CC#N)C3)nc(OCC3CCCN(C)C3)n2)c2ccccc2c1. The first-order chi connectivity index (χ1) is 19.0. The van der Waals surface area contributed by atoms with Gasteiger partial charge in [-0.1, -0.05) is 24.3 Å². The summed E-state index contributed by atoms with van der Waals surface area (Å²) >= 11 is 0. The fraction of sp³-hybridized carbons (Fsp3) is 0.448. The number of carbonyl (C=O) groups is 1. The number of piperidine rings is 1. The summed E-state index contributed by atoms with van der Waals surface area (Å²) < 4.78 is 11.6. The molecule has 2 N–H and O–H groups in total. The molecule has 2 aromatic carbocycles. The normalized spacial score (nSPS) is 19.9. The Morgan fingerprint density at radius 3 is 2.90 bits per heavy atom. The number of amides is 1. The van der Waals surface area contributed by atoms with Crippen LogP contribution in [0.5, 0.6) is 11.8 Å². The zero-order valence-electron chi connectivity index (χ0n) is 22.5. The summed E-state index contributed by atoms with van der Waals surface area (Å²) in [6.07, 6.45) is 2.62. The first kappa shape index (κ1) is 26.7. The van der Waals surface area contributed by atoms with E-state index in [4.69, 9.17) is 14.5 Å². The van der Waals surface area contributed by atoms with Crippen LogP contribution in [0.25, 0.3) is 10.8 Å². The molecule has 2 aliphatic rings. The van der Waals surface area contributed by atoms with E-state index in [0.29, 0.717) is 49.3 Å². The summed E-state index contributed by atoms with van der Waals surface area (Å²) in [5, 5.41) is 17.4. The third-order valence-electron chi connectivity index (χ3n) is 7.33. The van der Waals surface area contributed by atoms with E-state index in [2.05, 4.69) is 38.5 Å². The van der Waals surface area contributed by atoms with Crippen LogP contribution < -0.4 is 25.0 Å². The van der Waals surface area contributed by atoms with Crippen molar-refractivity contribution in [1.29, 1.82) is 5.26 Å². The number of aromatic nitrogens is 2. The summed E-state index contributed by atoms with van der Waals surface area (Å²) in [4.78, 5) is 27.2. The van der Waals surface area contributed by atoms with Gasteiger partial charge in [-0.2, -0.15) is 15.2 Å². The number of hydrogen-bond acceptors (Lipinski definition) is 9. The third-order valence-corrected chi connectivity index (χ3v) is 7.33. The lowest BCUT2D eigenvalue weighted by atomic mass is 10.00. The quantitative estimate of drug-likeness (QED) is 0.453. The second kappa shape index (κ2) is 12.3. The van der Waals surface area contributed by atoms with Gasteiger partial charge in [-0.15, -0.1) is 0 Å². The van der Waals surface area contributed by atoms with Gasteiger partial charge >= 0.3 is 6.01 Å². The maximum absolute atomic E-state index is 13.6. The number of ether oxygens (including phenoxy) is 2. The number of nitriles is 1. The zero-order valence-corrected chi connectivity index (χ0v) is 22.5. The number of hydrogen-bond donors (Lipinski definition) is 2. The Morgan fingerprint density at radius 1 is 1.21 bits per heavy atom. The van der Waals surface area contributed by atoms with Crippen molar-refractivity contribution in [3.8, 4) is 17.8 Å². The summed E-state index contributed by atoms with van der Waals surface area (Å²) in [6.45, 7) is 4.58. The van der Waals surface area contributed by atoms with Gasteiger partial charge in [-0.3, -0.25) is 4.79 Å². The molecular formula is C29H35N7O3. The van der Waals surface area contributed by atoms with E-state index < -0.39 is 0 Å². The van der Waals surface area contributed by atoms with E-state index in [0.717, 1.165) is 43.2 Å². The smallest absolute Gasteiger partial charge is 0.319 e. The number of rotatable bonds is 8. The van der Waals surface area contributed by atoms with Crippen LogP contribution in [0.4, 0.5) is 11.5 Å². The van der Waals surface area contributed by atoms with Crippen LogP contribution in [0.1, 0.15) is 29.8 Å². The molecule has 39 heavy (non-hydrogen) atoms. The van der Waals surface area contributed by atoms with Gasteiger partial charge in [0.15, 0.2) is 0 Å². The Kier molecular flexibility index (Phi) is 8.39. The monoisotopic (exact) mass is 529 g/mol. The Hall–Kier alpha value is -3.94. The minimum atomic E-state index is -0.358. The lowest BCUT2D eigenvalue weighted by Crippen LogP contribution is -2.51. The van der Waals surface area contributed by atoms with Gasteiger partial charge in [0.25, 0.3) is 5.91 Å². The lowest BCUT2D eigenvalue weighted by Gasteiger charge is -2.33. The summed E-state index contributed by atoms with van der Waals surface area (Å²) in [7, 11) is 3.73. The van der Waals surface area contributed by atoms with Crippen molar-refractivity contribution in [3.63, 3.8) is 0 Å². The molecule has 0 aliphatic carbocycles. The molecule has 3 aromatic rings. The van der Waals surface area contributed by atoms with Crippen LogP contribution in [-0.2, 0) is 0 Å². The van der Waals surface area contributed by atoms with Crippen LogP contribution in [0, 0.1) is 17.2 Å². The Bertz CT molecular complexity index is 1360. The number of anilines is 2. The highest BCUT2D eigenvalue weighted by Gasteiger charge is 2.24. The highest BCUT2D eigenvalue weighted by Crippen LogP contribution is 2.30. The predicted octanol–water partition coefficient (Wildman–Crippen LogP) is 3.30. The number of benzene rings is 2. The molecule has 2 atom stereocenters. The summed E-state index contributed by atoms with van der Waals surface area (Å²) in [5.74, 6) is 1.29. The lowest BCUT2D eigenvalue weighted by molar-refractivity contribution is 0.101. The summed E-state index contributed by atoms with van der Waals surface area (Å²) in [6, 6.07) is 15.7. The Morgan fingerprint density at radius 2 is 2.08 bits per heavy atom. The molecule has 0 spiro atoms. The van der Waals surface area contributed by atoms with Crippen molar-refractivity contribution in [2.45, 2.75) is 25.3 Å². The molecule has 0 bridgehead atoms. The van der Waals surface area contributed by atoms with Crippen LogP contribution in [0.15, 0.2) is 42.5 Å². The second-order valence-electron chi connectivity index (χ2n) is 10.3. The van der Waals surface area contributed by atoms with Crippen molar-refractivity contribution in [2.75, 3.05) is 63.7 Å². The van der Waals surface area contributed by atoms with Gasteiger partial charge < -0.3 is 29.9 Å².